The van der Waals surface area contributed by atoms with Gasteiger partial charge in [-0.15, -0.1) is 0 Å². The number of hydrogen-bond donors (Lipinski definition) is 0. The van der Waals surface area contributed by atoms with Gasteiger partial charge in [-0.1, -0.05) is 176 Å². The smallest absolute Gasteiger partial charge is 0.0540 e. The molecule has 51 heavy (non-hydrogen) atoms. The van der Waals surface area contributed by atoms with Gasteiger partial charge in [-0.3, -0.25) is 0 Å². The maximum Gasteiger partial charge on any atom is 0.0540 e. The Kier molecular flexibility index (Phi) is 7.92. The van der Waals surface area contributed by atoms with Gasteiger partial charge >= 0.3 is 0 Å². The lowest BCUT2D eigenvalue weighted by atomic mass is 9.95. The molecule has 0 saturated heterocycles. The van der Waals surface area contributed by atoms with E-state index < -0.39 is 0 Å². The molecule has 240 valence electrons. The van der Waals surface area contributed by atoms with E-state index in [1.807, 2.05) is 0 Å². The molecule has 0 aliphatic rings. The summed E-state index contributed by atoms with van der Waals surface area (Å²) in [5, 5.41) is 4.94. The zero-order chi connectivity index (χ0) is 34.0. The van der Waals surface area contributed by atoms with Crippen molar-refractivity contribution in [2.24, 2.45) is 0 Å². The topological polar surface area (TPSA) is 3.24 Å². The van der Waals surface area contributed by atoms with E-state index in [1.54, 1.807) is 0 Å². The molecule has 9 aromatic carbocycles. The van der Waals surface area contributed by atoms with Crippen LogP contribution in [0.4, 0.5) is 17.1 Å². The standard InChI is InChI=1S/C50H35N/c1-2-13-36(14-3-1)37-29-31-38(32-30-37)42-20-9-23-45(34-42)51(50-28-12-18-40-16-5-7-26-49(40)50)46-24-10-21-43(35-46)41-19-8-22-44(33-41)48-27-11-17-39-15-4-6-25-47(39)48/h1-35H. The number of rotatable bonds is 7. The molecule has 0 aliphatic carbocycles. The van der Waals surface area contributed by atoms with Crippen molar-refractivity contribution in [2.45, 2.75) is 0 Å². The minimum Gasteiger partial charge on any atom is -0.310 e. The quantitative estimate of drug-likeness (QED) is 0.166. The monoisotopic (exact) mass is 649 g/mol. The first-order valence-corrected chi connectivity index (χ1v) is 17.5. The highest BCUT2D eigenvalue weighted by atomic mass is 15.1. The average molecular weight is 650 g/mol. The fourth-order valence-corrected chi connectivity index (χ4v) is 7.31. The number of nitrogens with zero attached hydrogens (tertiary/aromatic N) is 1. The molecule has 0 aliphatic heterocycles. The third-order valence-electron chi connectivity index (χ3n) is 9.84. The molecule has 0 spiro atoms. The zero-order valence-electron chi connectivity index (χ0n) is 28.2. The van der Waals surface area contributed by atoms with Gasteiger partial charge in [0.25, 0.3) is 0 Å². The Bertz CT molecular complexity index is 2630. The van der Waals surface area contributed by atoms with Crippen molar-refractivity contribution < 1.29 is 0 Å². The van der Waals surface area contributed by atoms with Crippen LogP contribution >= 0.6 is 0 Å². The van der Waals surface area contributed by atoms with Crippen LogP contribution in [-0.4, -0.2) is 0 Å². The van der Waals surface area contributed by atoms with Gasteiger partial charge in [0.05, 0.1) is 5.69 Å². The van der Waals surface area contributed by atoms with E-state index in [-0.39, 0.29) is 0 Å². The maximum absolute atomic E-state index is 2.40. The molecule has 0 heterocycles. The summed E-state index contributed by atoms with van der Waals surface area (Å²) in [5.41, 5.74) is 13.0. The number of anilines is 3. The van der Waals surface area contributed by atoms with Crippen LogP contribution in [0, 0.1) is 0 Å². The van der Waals surface area contributed by atoms with E-state index in [9.17, 15) is 0 Å². The van der Waals surface area contributed by atoms with Crippen molar-refractivity contribution in [3.63, 3.8) is 0 Å². The van der Waals surface area contributed by atoms with Crippen LogP contribution in [-0.2, 0) is 0 Å². The lowest BCUT2D eigenvalue weighted by molar-refractivity contribution is 1.30. The minimum absolute atomic E-state index is 1.11. The van der Waals surface area contributed by atoms with Crippen molar-refractivity contribution in [2.75, 3.05) is 4.90 Å². The van der Waals surface area contributed by atoms with E-state index in [4.69, 9.17) is 0 Å². The first-order valence-electron chi connectivity index (χ1n) is 17.5. The second-order valence-electron chi connectivity index (χ2n) is 13.0. The van der Waals surface area contributed by atoms with Gasteiger partial charge in [0, 0.05) is 16.8 Å². The second kappa shape index (κ2) is 13.3. The first-order chi connectivity index (χ1) is 25.3. The van der Waals surface area contributed by atoms with E-state index in [2.05, 4.69) is 217 Å². The van der Waals surface area contributed by atoms with Crippen LogP contribution in [0.5, 0.6) is 0 Å². The summed E-state index contributed by atoms with van der Waals surface area (Å²) in [7, 11) is 0. The number of fused-ring (bicyclic) bond motifs is 2. The minimum atomic E-state index is 1.11. The molecule has 9 rings (SSSR count). The number of hydrogen-bond acceptors (Lipinski definition) is 1. The van der Waals surface area contributed by atoms with Gasteiger partial charge < -0.3 is 4.90 Å². The molecule has 0 amide bonds. The third-order valence-corrected chi connectivity index (χ3v) is 9.84. The van der Waals surface area contributed by atoms with Gasteiger partial charge in [0.2, 0.25) is 0 Å². The molecule has 0 aromatic heterocycles. The van der Waals surface area contributed by atoms with Crippen LogP contribution < -0.4 is 4.90 Å². The molecule has 1 nitrogen and oxygen atoms in total. The van der Waals surface area contributed by atoms with E-state index in [0.29, 0.717) is 0 Å². The summed E-state index contributed by atoms with van der Waals surface area (Å²) >= 11 is 0. The van der Waals surface area contributed by atoms with Crippen LogP contribution in [0.1, 0.15) is 0 Å². The Morgan fingerprint density at radius 3 is 1.39 bits per heavy atom. The van der Waals surface area contributed by atoms with Gasteiger partial charge in [-0.2, -0.15) is 0 Å². The van der Waals surface area contributed by atoms with E-state index in [1.165, 1.54) is 66.1 Å². The van der Waals surface area contributed by atoms with Crippen LogP contribution in [0.2, 0.25) is 0 Å². The Morgan fingerprint density at radius 2 is 0.686 bits per heavy atom. The highest BCUT2D eigenvalue weighted by molar-refractivity contribution is 6.00. The summed E-state index contributed by atoms with van der Waals surface area (Å²) in [5.74, 6) is 0. The largest absolute Gasteiger partial charge is 0.310 e. The van der Waals surface area contributed by atoms with Crippen molar-refractivity contribution in [1.29, 1.82) is 0 Å². The Morgan fingerprint density at radius 1 is 0.255 bits per heavy atom. The SMILES string of the molecule is c1ccc(-c2ccc(-c3cccc(N(c4cccc(-c5cccc(-c6cccc7ccccc67)c5)c4)c4cccc5ccccc45)c3)cc2)cc1. The van der Waals surface area contributed by atoms with Gasteiger partial charge in [0.1, 0.15) is 0 Å². The van der Waals surface area contributed by atoms with Crippen LogP contribution in [0.15, 0.2) is 212 Å². The summed E-state index contributed by atoms with van der Waals surface area (Å²) in [4.78, 5) is 2.40. The van der Waals surface area contributed by atoms with Crippen molar-refractivity contribution in [1.82, 2.24) is 0 Å². The molecule has 0 saturated carbocycles. The lowest BCUT2D eigenvalue weighted by Crippen LogP contribution is -2.10. The van der Waals surface area contributed by atoms with Gasteiger partial charge in [0.15, 0.2) is 0 Å². The molecule has 9 aromatic rings. The van der Waals surface area contributed by atoms with Crippen LogP contribution in [0.25, 0.3) is 66.1 Å². The molecule has 0 bridgehead atoms. The molecule has 0 fully saturated rings. The zero-order valence-corrected chi connectivity index (χ0v) is 28.2. The summed E-state index contributed by atoms with van der Waals surface area (Å²) in [6.45, 7) is 0. The third kappa shape index (κ3) is 5.96. The Hall–Kier alpha value is -6.70. The Balaban J connectivity index is 1.15. The molecule has 0 radical (unpaired) electrons. The summed E-state index contributed by atoms with van der Waals surface area (Å²) in [6.07, 6.45) is 0. The van der Waals surface area contributed by atoms with Crippen molar-refractivity contribution >= 4 is 38.6 Å². The summed E-state index contributed by atoms with van der Waals surface area (Å²) in [6, 6.07) is 76.7. The molecule has 0 N–H and O–H groups in total. The maximum atomic E-state index is 2.40. The molecule has 0 atom stereocenters. The fraction of sp³-hybridized carbons (Fsp3) is 0. The predicted molar refractivity (Wildman–Crippen MR) is 218 cm³/mol. The van der Waals surface area contributed by atoms with Gasteiger partial charge in [-0.05, 0) is 97.1 Å². The van der Waals surface area contributed by atoms with Crippen LogP contribution in [0.3, 0.4) is 0 Å². The molecular formula is C50H35N. The number of benzene rings is 9. The summed E-state index contributed by atoms with van der Waals surface area (Å²) < 4.78 is 0. The average Bonchev–Trinajstić information content (AvgIpc) is 3.21. The molecular weight excluding hydrogens is 615 g/mol. The second-order valence-corrected chi connectivity index (χ2v) is 13.0. The molecule has 1 heteroatoms. The normalized spacial score (nSPS) is 11.1. The van der Waals surface area contributed by atoms with Crippen molar-refractivity contribution in [3.05, 3.63) is 212 Å². The lowest BCUT2D eigenvalue weighted by Gasteiger charge is -2.28. The fourth-order valence-electron chi connectivity index (χ4n) is 7.31. The van der Waals surface area contributed by atoms with E-state index >= 15 is 0 Å². The predicted octanol–water partition coefficient (Wildman–Crippen LogP) is 14.1. The van der Waals surface area contributed by atoms with E-state index in [0.717, 1.165) is 17.1 Å². The molecule has 0 unspecified atom stereocenters. The first kappa shape index (κ1) is 30.4. The van der Waals surface area contributed by atoms with Gasteiger partial charge in [-0.25, -0.2) is 0 Å². The Labute approximate surface area is 299 Å². The van der Waals surface area contributed by atoms with Crippen molar-refractivity contribution in [3.8, 4) is 44.5 Å². The highest BCUT2D eigenvalue weighted by Crippen LogP contribution is 2.42. The highest BCUT2D eigenvalue weighted by Gasteiger charge is 2.17.